The number of amides is 1. The number of halogens is 2. The molecule has 0 aliphatic carbocycles. The van der Waals surface area contributed by atoms with Crippen LogP contribution < -0.4 is 11.1 Å². The van der Waals surface area contributed by atoms with Crippen molar-refractivity contribution in [2.75, 3.05) is 6.54 Å². The molecule has 0 spiro atoms. The average molecular weight is 387 g/mol. The second-order valence-corrected chi connectivity index (χ2v) is 6.78. The van der Waals surface area contributed by atoms with Gasteiger partial charge < -0.3 is 11.1 Å². The molecule has 1 atom stereocenters. The number of nitrogens with two attached hydrogens (primary N) is 1. The van der Waals surface area contributed by atoms with Gasteiger partial charge in [0.15, 0.2) is 0 Å². The van der Waals surface area contributed by atoms with Crippen LogP contribution in [0.25, 0.3) is 0 Å². The number of hydrogen-bond donors (Lipinski definition) is 2. The molecule has 3 nitrogen and oxygen atoms in total. The van der Waals surface area contributed by atoms with E-state index in [1.165, 1.54) is 0 Å². The van der Waals surface area contributed by atoms with Crippen LogP contribution in [0.2, 0.25) is 5.02 Å². The zero-order chi connectivity index (χ0) is 16.5. The molecule has 1 heterocycles. The minimum atomic E-state index is -0.116. The summed E-state index contributed by atoms with van der Waals surface area (Å²) in [6.45, 7) is 0.725. The first-order chi connectivity index (χ1) is 11.2. The lowest BCUT2D eigenvalue weighted by molar-refractivity contribution is -0.121. The first-order valence-electron chi connectivity index (χ1n) is 7.97. The molecule has 0 saturated carbocycles. The Bertz CT molecular complexity index is 588. The van der Waals surface area contributed by atoms with Gasteiger partial charge in [0.1, 0.15) is 0 Å². The number of benzene rings is 1. The number of rotatable bonds is 9. The van der Waals surface area contributed by atoms with Crippen LogP contribution in [0.15, 0.2) is 41.1 Å². The van der Waals surface area contributed by atoms with Gasteiger partial charge in [-0.15, -0.1) is 12.4 Å². The molecule has 2 aromatic rings. The predicted molar refractivity (Wildman–Crippen MR) is 105 cm³/mol. The molecule has 1 aromatic heterocycles. The van der Waals surface area contributed by atoms with E-state index in [0.717, 1.165) is 43.4 Å². The summed E-state index contributed by atoms with van der Waals surface area (Å²) in [6, 6.07) is 9.57. The van der Waals surface area contributed by atoms with Crippen LogP contribution in [0.4, 0.5) is 0 Å². The highest BCUT2D eigenvalue weighted by Gasteiger charge is 2.17. The molecular formula is C18H24Cl2N2OS. The number of hydrogen-bond acceptors (Lipinski definition) is 3. The molecule has 2 rings (SSSR count). The summed E-state index contributed by atoms with van der Waals surface area (Å²) in [7, 11) is 0. The second kappa shape index (κ2) is 11.5. The van der Waals surface area contributed by atoms with Gasteiger partial charge in [-0.2, -0.15) is 11.3 Å². The van der Waals surface area contributed by atoms with E-state index < -0.39 is 0 Å². The number of unbranched alkanes of at least 4 members (excludes halogenated alkanes) is 3. The highest BCUT2D eigenvalue weighted by molar-refractivity contribution is 7.08. The van der Waals surface area contributed by atoms with E-state index in [2.05, 4.69) is 10.7 Å². The van der Waals surface area contributed by atoms with Crippen LogP contribution in [0.3, 0.4) is 0 Å². The number of carbonyl (C=O) groups is 1. The van der Waals surface area contributed by atoms with Gasteiger partial charge in [0.25, 0.3) is 0 Å². The van der Waals surface area contributed by atoms with Crippen LogP contribution in [0, 0.1) is 0 Å². The fourth-order valence-corrected chi connectivity index (χ4v) is 3.28. The van der Waals surface area contributed by atoms with Crippen molar-refractivity contribution in [3.8, 4) is 0 Å². The first kappa shape index (κ1) is 21.0. The van der Waals surface area contributed by atoms with Crippen LogP contribution in [0.5, 0.6) is 0 Å². The maximum atomic E-state index is 12.3. The third-order valence-electron chi connectivity index (χ3n) is 3.74. The standard InChI is InChI=1S/C18H23ClN2OS.ClH/c19-16-8-6-14(7-9-16)18(15-10-12-23-13-15)21-17(22)5-3-1-2-4-11-20;/h6-10,12-13,18H,1-5,11,20H2,(H,21,22);1H. The van der Waals surface area contributed by atoms with Crippen molar-refractivity contribution in [3.63, 3.8) is 0 Å². The Morgan fingerprint density at radius 1 is 1.08 bits per heavy atom. The molecule has 24 heavy (non-hydrogen) atoms. The lowest BCUT2D eigenvalue weighted by atomic mass is 10.0. The summed E-state index contributed by atoms with van der Waals surface area (Å²) in [5.41, 5.74) is 7.63. The van der Waals surface area contributed by atoms with Gasteiger partial charge in [-0.05, 0) is 59.5 Å². The third kappa shape index (κ3) is 6.81. The summed E-state index contributed by atoms with van der Waals surface area (Å²) in [4.78, 5) is 12.3. The lowest BCUT2D eigenvalue weighted by Crippen LogP contribution is -2.28. The first-order valence-corrected chi connectivity index (χ1v) is 9.30. The Morgan fingerprint density at radius 2 is 1.79 bits per heavy atom. The summed E-state index contributed by atoms with van der Waals surface area (Å²) in [5, 5.41) is 7.94. The molecule has 6 heteroatoms. The topological polar surface area (TPSA) is 55.1 Å². The minimum absolute atomic E-state index is 0. The zero-order valence-electron chi connectivity index (χ0n) is 13.5. The Hall–Kier alpha value is -1.07. The molecule has 0 aliphatic heterocycles. The van der Waals surface area contributed by atoms with E-state index in [4.69, 9.17) is 17.3 Å². The summed E-state index contributed by atoms with van der Waals surface area (Å²) >= 11 is 7.59. The van der Waals surface area contributed by atoms with Gasteiger partial charge in [0.2, 0.25) is 5.91 Å². The second-order valence-electron chi connectivity index (χ2n) is 5.56. The smallest absolute Gasteiger partial charge is 0.220 e. The highest BCUT2D eigenvalue weighted by atomic mass is 35.5. The van der Waals surface area contributed by atoms with E-state index in [-0.39, 0.29) is 24.4 Å². The van der Waals surface area contributed by atoms with Crippen molar-refractivity contribution in [3.05, 3.63) is 57.2 Å². The molecule has 0 fully saturated rings. The van der Waals surface area contributed by atoms with E-state index in [0.29, 0.717) is 11.4 Å². The number of carbonyl (C=O) groups excluding carboxylic acids is 1. The number of nitrogens with one attached hydrogen (secondary N) is 1. The average Bonchev–Trinajstić information content (AvgIpc) is 3.07. The SMILES string of the molecule is Cl.NCCCCCCC(=O)NC(c1ccc(Cl)cc1)c1ccsc1. The van der Waals surface area contributed by atoms with Crippen molar-refractivity contribution in [1.29, 1.82) is 0 Å². The molecule has 3 N–H and O–H groups in total. The highest BCUT2D eigenvalue weighted by Crippen LogP contribution is 2.25. The summed E-state index contributed by atoms with van der Waals surface area (Å²) in [5.74, 6) is 0.0869. The van der Waals surface area contributed by atoms with Crippen molar-refractivity contribution < 1.29 is 4.79 Å². The largest absolute Gasteiger partial charge is 0.345 e. The van der Waals surface area contributed by atoms with Gasteiger partial charge >= 0.3 is 0 Å². The lowest BCUT2D eigenvalue weighted by Gasteiger charge is -2.18. The van der Waals surface area contributed by atoms with Gasteiger partial charge in [-0.3, -0.25) is 4.79 Å². The van der Waals surface area contributed by atoms with Gasteiger partial charge in [-0.1, -0.05) is 36.6 Å². The Morgan fingerprint density at radius 3 is 2.42 bits per heavy atom. The normalized spacial score (nSPS) is 11.6. The minimum Gasteiger partial charge on any atom is -0.345 e. The quantitative estimate of drug-likeness (QED) is 0.599. The fourth-order valence-electron chi connectivity index (χ4n) is 2.47. The molecular weight excluding hydrogens is 363 g/mol. The van der Waals surface area contributed by atoms with Crippen LogP contribution >= 0.6 is 35.3 Å². The molecule has 1 amide bonds. The molecule has 1 aromatic carbocycles. The van der Waals surface area contributed by atoms with Crippen molar-refractivity contribution in [2.45, 2.75) is 38.1 Å². The van der Waals surface area contributed by atoms with E-state index >= 15 is 0 Å². The Kier molecular flexibility index (Phi) is 10.0. The molecule has 0 aliphatic rings. The van der Waals surface area contributed by atoms with Crippen molar-refractivity contribution in [1.82, 2.24) is 5.32 Å². The molecule has 1 unspecified atom stereocenters. The molecule has 0 radical (unpaired) electrons. The summed E-state index contributed by atoms with van der Waals surface area (Å²) in [6.07, 6.45) is 4.63. The zero-order valence-corrected chi connectivity index (χ0v) is 15.9. The van der Waals surface area contributed by atoms with E-state index in [9.17, 15) is 4.79 Å². The van der Waals surface area contributed by atoms with E-state index in [1.54, 1.807) is 11.3 Å². The van der Waals surface area contributed by atoms with Gasteiger partial charge in [0.05, 0.1) is 6.04 Å². The molecule has 132 valence electrons. The van der Waals surface area contributed by atoms with Crippen molar-refractivity contribution >= 4 is 41.3 Å². The van der Waals surface area contributed by atoms with Crippen LogP contribution in [0.1, 0.15) is 49.3 Å². The fraction of sp³-hybridized carbons (Fsp3) is 0.389. The van der Waals surface area contributed by atoms with Gasteiger partial charge in [-0.25, -0.2) is 0 Å². The van der Waals surface area contributed by atoms with Crippen molar-refractivity contribution in [2.24, 2.45) is 5.73 Å². The monoisotopic (exact) mass is 386 g/mol. The maximum absolute atomic E-state index is 12.3. The Labute approximate surface area is 159 Å². The third-order valence-corrected chi connectivity index (χ3v) is 4.70. The van der Waals surface area contributed by atoms with Crippen LogP contribution in [-0.4, -0.2) is 12.5 Å². The predicted octanol–water partition coefficient (Wildman–Crippen LogP) is 4.94. The Balaban J connectivity index is 0.00000288. The van der Waals surface area contributed by atoms with E-state index in [1.807, 2.05) is 35.7 Å². The molecule has 0 bridgehead atoms. The number of thiophene rings is 1. The van der Waals surface area contributed by atoms with Gasteiger partial charge in [0, 0.05) is 11.4 Å². The van der Waals surface area contributed by atoms with Crippen LogP contribution in [-0.2, 0) is 4.79 Å². The summed E-state index contributed by atoms with van der Waals surface area (Å²) < 4.78 is 0. The molecule has 0 saturated heterocycles. The maximum Gasteiger partial charge on any atom is 0.220 e.